The van der Waals surface area contributed by atoms with Gasteiger partial charge in [0.15, 0.2) is 5.82 Å². The zero-order valence-electron chi connectivity index (χ0n) is 18.6. The summed E-state index contributed by atoms with van der Waals surface area (Å²) < 4.78 is 12.8. The van der Waals surface area contributed by atoms with Crippen LogP contribution < -0.4 is 20.5 Å². The van der Waals surface area contributed by atoms with E-state index in [0.29, 0.717) is 23.0 Å². The van der Waals surface area contributed by atoms with Crippen molar-refractivity contribution in [2.24, 2.45) is 0 Å². The van der Waals surface area contributed by atoms with E-state index in [2.05, 4.69) is 19.9 Å². The van der Waals surface area contributed by atoms with Crippen LogP contribution in [-0.2, 0) is 24.1 Å². The van der Waals surface area contributed by atoms with Crippen molar-refractivity contribution in [1.29, 1.82) is 0 Å². The molecule has 0 saturated carbocycles. The zero-order valence-corrected chi connectivity index (χ0v) is 18.6. The third-order valence-corrected chi connectivity index (χ3v) is 6.07. The fourth-order valence-electron chi connectivity index (χ4n) is 4.55. The minimum Gasteiger partial charge on any atom is -0.497 e. The highest BCUT2D eigenvalue weighted by atomic mass is 16.5. The van der Waals surface area contributed by atoms with E-state index < -0.39 is 0 Å². The molecule has 2 aromatic heterocycles. The summed E-state index contributed by atoms with van der Waals surface area (Å²) >= 11 is 0. The number of nitrogens with two attached hydrogens (primary N) is 1. The van der Waals surface area contributed by atoms with E-state index in [1.54, 1.807) is 20.3 Å². The number of nitrogens with zero attached hydrogens (tertiary/aromatic N) is 3. The van der Waals surface area contributed by atoms with Gasteiger partial charge in [-0.1, -0.05) is 6.07 Å². The number of carbonyl (C=O) groups is 1. The van der Waals surface area contributed by atoms with Gasteiger partial charge in [0, 0.05) is 28.7 Å². The summed E-state index contributed by atoms with van der Waals surface area (Å²) in [6, 6.07) is 13.2. The fourth-order valence-corrected chi connectivity index (χ4v) is 4.55. The average Bonchev–Trinajstić information content (AvgIpc) is 3.42. The summed E-state index contributed by atoms with van der Waals surface area (Å²) in [5.74, 6) is 1.64. The highest BCUT2D eigenvalue weighted by Gasteiger charge is 2.25. The highest BCUT2D eigenvalue weighted by molar-refractivity contribution is 5.93. The molecule has 2 aromatic carbocycles. The van der Waals surface area contributed by atoms with Crippen molar-refractivity contribution in [2.45, 2.75) is 25.7 Å². The minimum absolute atomic E-state index is 0.129. The molecule has 3 N–H and O–H groups in total. The van der Waals surface area contributed by atoms with Gasteiger partial charge in [0.05, 0.1) is 26.2 Å². The first-order chi connectivity index (χ1) is 16.1. The Bertz CT molecular complexity index is 1340. The number of fused-ring (bicyclic) bond motifs is 3. The maximum Gasteiger partial charge on any atom is 0.228 e. The molecular weight excluding hydrogens is 418 g/mol. The minimum atomic E-state index is -0.129. The summed E-state index contributed by atoms with van der Waals surface area (Å²) in [4.78, 5) is 21.3. The Morgan fingerprint density at radius 2 is 1.91 bits per heavy atom. The lowest BCUT2D eigenvalue weighted by molar-refractivity contribution is -0.115. The Hall–Kier alpha value is -4.07. The van der Waals surface area contributed by atoms with Crippen molar-refractivity contribution in [3.05, 3.63) is 65.6 Å². The van der Waals surface area contributed by atoms with Crippen LogP contribution in [0.4, 0.5) is 11.5 Å². The quantitative estimate of drug-likeness (QED) is 0.471. The SMILES string of the molecule is COc1ccc(CC(=O)Nc2ccc(-n3c4c(c5ncnc(N)c53)CCC4)cc2)c(OC)c1. The van der Waals surface area contributed by atoms with E-state index in [1.807, 2.05) is 36.4 Å². The van der Waals surface area contributed by atoms with E-state index >= 15 is 0 Å². The second-order valence-electron chi connectivity index (χ2n) is 8.02. The van der Waals surface area contributed by atoms with E-state index in [9.17, 15) is 4.79 Å². The van der Waals surface area contributed by atoms with Gasteiger partial charge >= 0.3 is 0 Å². The Kier molecular flexibility index (Phi) is 5.34. The fraction of sp³-hybridized carbons (Fsp3) is 0.240. The molecular formula is C25H25N5O3. The number of anilines is 2. The molecule has 0 unspecified atom stereocenters. The summed E-state index contributed by atoms with van der Waals surface area (Å²) in [5.41, 5.74) is 13.0. The van der Waals surface area contributed by atoms with Crippen molar-refractivity contribution < 1.29 is 14.3 Å². The molecule has 1 aliphatic rings. The maximum absolute atomic E-state index is 12.7. The van der Waals surface area contributed by atoms with Crippen molar-refractivity contribution >= 4 is 28.4 Å². The zero-order chi connectivity index (χ0) is 22.9. The maximum atomic E-state index is 12.7. The first kappa shape index (κ1) is 20.8. The molecule has 8 nitrogen and oxygen atoms in total. The molecule has 0 saturated heterocycles. The number of amides is 1. The van der Waals surface area contributed by atoms with Crippen LogP contribution in [0.25, 0.3) is 16.7 Å². The van der Waals surface area contributed by atoms with Gasteiger partial charge in [0.2, 0.25) is 5.91 Å². The number of hydrogen-bond donors (Lipinski definition) is 2. The normalized spacial score (nSPS) is 12.5. The van der Waals surface area contributed by atoms with Gasteiger partial charge in [-0.2, -0.15) is 0 Å². The van der Waals surface area contributed by atoms with Crippen LogP contribution in [0.1, 0.15) is 23.2 Å². The Balaban J connectivity index is 1.38. The average molecular weight is 444 g/mol. The summed E-state index contributed by atoms with van der Waals surface area (Å²) in [5, 5.41) is 2.96. The molecule has 4 aromatic rings. The molecule has 2 heterocycles. The van der Waals surface area contributed by atoms with E-state index in [0.717, 1.165) is 41.5 Å². The number of benzene rings is 2. The van der Waals surface area contributed by atoms with Crippen LogP contribution in [0.5, 0.6) is 11.5 Å². The molecule has 1 amide bonds. The lowest BCUT2D eigenvalue weighted by Gasteiger charge is -2.13. The van der Waals surface area contributed by atoms with Crippen LogP contribution in [0.15, 0.2) is 48.8 Å². The monoisotopic (exact) mass is 443 g/mol. The number of carbonyl (C=O) groups excluding carboxylic acids is 1. The predicted molar refractivity (Wildman–Crippen MR) is 127 cm³/mol. The Morgan fingerprint density at radius 3 is 2.67 bits per heavy atom. The molecule has 0 radical (unpaired) electrons. The molecule has 168 valence electrons. The molecule has 0 atom stereocenters. The van der Waals surface area contributed by atoms with Gasteiger partial charge in [0.1, 0.15) is 23.3 Å². The second-order valence-corrected chi connectivity index (χ2v) is 8.02. The standard InChI is InChI=1S/C25H25N5O3/c1-32-18-11-6-15(21(13-18)33-2)12-22(31)29-16-7-9-17(10-8-16)30-20-5-3-4-19(20)23-24(30)25(26)28-14-27-23/h6-11,13-14H,3-5,12H2,1-2H3,(H,29,31)(H2,26,27,28). The van der Waals surface area contributed by atoms with Gasteiger partial charge in [-0.15, -0.1) is 0 Å². The number of nitrogen functional groups attached to an aromatic ring is 1. The van der Waals surface area contributed by atoms with E-state index in [4.69, 9.17) is 15.2 Å². The van der Waals surface area contributed by atoms with Gasteiger partial charge in [0.25, 0.3) is 0 Å². The molecule has 1 aliphatic carbocycles. The molecule has 8 heteroatoms. The molecule has 0 bridgehead atoms. The molecule has 0 fully saturated rings. The highest BCUT2D eigenvalue weighted by Crippen LogP contribution is 2.36. The summed E-state index contributed by atoms with van der Waals surface area (Å²) in [6.45, 7) is 0. The topological polar surface area (TPSA) is 104 Å². The van der Waals surface area contributed by atoms with Gasteiger partial charge < -0.3 is 25.1 Å². The van der Waals surface area contributed by atoms with Gasteiger partial charge in [-0.3, -0.25) is 4.79 Å². The lowest BCUT2D eigenvalue weighted by Crippen LogP contribution is -2.15. The van der Waals surface area contributed by atoms with Crippen LogP contribution in [0.2, 0.25) is 0 Å². The predicted octanol–water partition coefficient (Wildman–Crippen LogP) is 3.69. The van der Waals surface area contributed by atoms with Crippen molar-refractivity contribution in [2.75, 3.05) is 25.3 Å². The molecule has 0 spiro atoms. The summed E-state index contributed by atoms with van der Waals surface area (Å²) in [6.07, 6.45) is 4.80. The smallest absolute Gasteiger partial charge is 0.228 e. The van der Waals surface area contributed by atoms with Crippen LogP contribution in [-0.4, -0.2) is 34.7 Å². The van der Waals surface area contributed by atoms with Crippen LogP contribution in [0, 0.1) is 0 Å². The Morgan fingerprint density at radius 1 is 1.09 bits per heavy atom. The number of ether oxygens (including phenoxy) is 2. The number of hydrogen-bond acceptors (Lipinski definition) is 6. The Labute approximate surface area is 191 Å². The number of aryl methyl sites for hydroxylation is 1. The van der Waals surface area contributed by atoms with E-state index in [1.165, 1.54) is 17.6 Å². The lowest BCUT2D eigenvalue weighted by atomic mass is 10.1. The molecule has 0 aliphatic heterocycles. The van der Waals surface area contributed by atoms with Crippen molar-refractivity contribution in [3.63, 3.8) is 0 Å². The second kappa shape index (κ2) is 8.46. The number of methoxy groups -OCH3 is 2. The number of nitrogens with one attached hydrogen (secondary N) is 1. The first-order valence-corrected chi connectivity index (χ1v) is 10.8. The first-order valence-electron chi connectivity index (χ1n) is 10.8. The van der Waals surface area contributed by atoms with Crippen LogP contribution in [0.3, 0.4) is 0 Å². The third-order valence-electron chi connectivity index (χ3n) is 6.07. The van der Waals surface area contributed by atoms with Gasteiger partial charge in [-0.25, -0.2) is 9.97 Å². The number of rotatable bonds is 6. The van der Waals surface area contributed by atoms with Gasteiger partial charge in [-0.05, 0) is 55.2 Å². The van der Waals surface area contributed by atoms with Crippen molar-refractivity contribution in [1.82, 2.24) is 14.5 Å². The largest absolute Gasteiger partial charge is 0.497 e. The number of aromatic nitrogens is 3. The van der Waals surface area contributed by atoms with Crippen LogP contribution >= 0.6 is 0 Å². The molecule has 33 heavy (non-hydrogen) atoms. The summed E-state index contributed by atoms with van der Waals surface area (Å²) in [7, 11) is 3.17. The molecule has 5 rings (SSSR count). The third kappa shape index (κ3) is 3.73. The van der Waals surface area contributed by atoms with Crippen molar-refractivity contribution in [3.8, 4) is 17.2 Å². The van der Waals surface area contributed by atoms with E-state index in [-0.39, 0.29) is 12.3 Å².